The second-order valence-electron chi connectivity index (χ2n) is 5.04. The fourth-order valence-electron chi connectivity index (χ4n) is 2.64. The molecule has 0 saturated heterocycles. The van der Waals surface area contributed by atoms with Crippen LogP contribution in [0.1, 0.15) is 44.9 Å². The molecule has 0 spiro atoms. The molecule has 1 N–H and O–H groups in total. The highest BCUT2D eigenvalue weighted by Gasteiger charge is 2.36. The number of nitrogens with one attached hydrogen (secondary N) is 1. The Hall–Kier alpha value is 0.0569. The van der Waals surface area contributed by atoms with Crippen molar-refractivity contribution in [3.05, 3.63) is 0 Å². The van der Waals surface area contributed by atoms with E-state index in [1.807, 2.05) is 0 Å². The van der Waals surface area contributed by atoms with Crippen LogP contribution in [-0.2, 0) is 13.3 Å². The second kappa shape index (κ2) is 9.04. The van der Waals surface area contributed by atoms with Gasteiger partial charge >= 0.3 is 8.80 Å². The number of hydrogen-bond acceptors (Lipinski definition) is 4. The predicted octanol–water partition coefficient (Wildman–Crippen LogP) is 2.57. The van der Waals surface area contributed by atoms with E-state index >= 15 is 0 Å². The van der Waals surface area contributed by atoms with Crippen LogP contribution in [0, 0.1) is 0 Å². The van der Waals surface area contributed by atoms with E-state index < -0.39 is 8.80 Å². The summed E-state index contributed by atoms with van der Waals surface area (Å²) >= 11 is 0. The first-order valence-corrected chi connectivity index (χ1v) is 9.08. The zero-order valence-corrected chi connectivity index (χ0v) is 13.2. The van der Waals surface area contributed by atoms with Crippen LogP contribution in [-0.4, -0.2) is 42.7 Å². The van der Waals surface area contributed by atoms with Crippen molar-refractivity contribution in [2.45, 2.75) is 57.0 Å². The minimum Gasteiger partial charge on any atom is -0.377 e. The summed E-state index contributed by atoms with van der Waals surface area (Å²) in [5.74, 6) is 0. The van der Waals surface area contributed by atoms with E-state index in [1.165, 1.54) is 38.5 Å². The lowest BCUT2D eigenvalue weighted by molar-refractivity contribution is 0.122. The van der Waals surface area contributed by atoms with Gasteiger partial charge in [0.05, 0.1) is 0 Å². The van der Waals surface area contributed by atoms with Crippen molar-refractivity contribution in [3.8, 4) is 0 Å². The topological polar surface area (TPSA) is 39.7 Å². The lowest BCUT2D eigenvalue weighted by atomic mass is 9.95. The molecule has 1 fully saturated rings. The van der Waals surface area contributed by atoms with E-state index in [4.69, 9.17) is 13.3 Å². The fourth-order valence-corrected chi connectivity index (χ4v) is 4.43. The van der Waals surface area contributed by atoms with Gasteiger partial charge < -0.3 is 18.6 Å². The van der Waals surface area contributed by atoms with Gasteiger partial charge in [-0.3, -0.25) is 0 Å². The first kappa shape index (κ1) is 16.1. The van der Waals surface area contributed by atoms with Crippen LogP contribution >= 0.6 is 0 Å². The van der Waals surface area contributed by atoms with Crippen LogP contribution in [0.3, 0.4) is 0 Å². The Morgan fingerprint density at radius 3 is 2.11 bits per heavy atom. The molecule has 1 rings (SSSR count). The Morgan fingerprint density at radius 1 is 0.944 bits per heavy atom. The van der Waals surface area contributed by atoms with Gasteiger partial charge in [0.25, 0.3) is 0 Å². The summed E-state index contributed by atoms with van der Waals surface area (Å²) in [6.45, 7) is 1.10. The molecule has 0 aromatic heterocycles. The molecular formula is C13H29NO3Si. The van der Waals surface area contributed by atoms with E-state index in [2.05, 4.69) is 5.32 Å². The number of unbranched alkanes of at least 4 members (excludes halogenated alkanes) is 1. The summed E-state index contributed by atoms with van der Waals surface area (Å²) in [7, 11) is 2.71. The Kier molecular flexibility index (Phi) is 8.09. The van der Waals surface area contributed by atoms with E-state index in [9.17, 15) is 0 Å². The zero-order chi connectivity index (χ0) is 13.3. The summed E-state index contributed by atoms with van der Waals surface area (Å²) in [5.41, 5.74) is 0. The fraction of sp³-hybridized carbons (Fsp3) is 1.00. The van der Waals surface area contributed by atoms with Gasteiger partial charge in [0.1, 0.15) is 0 Å². The monoisotopic (exact) mass is 275 g/mol. The molecule has 0 amide bonds. The van der Waals surface area contributed by atoms with E-state index in [1.54, 1.807) is 21.3 Å². The van der Waals surface area contributed by atoms with Gasteiger partial charge in [-0.1, -0.05) is 19.3 Å². The molecule has 0 aromatic rings. The van der Waals surface area contributed by atoms with E-state index in [-0.39, 0.29) is 0 Å². The van der Waals surface area contributed by atoms with Crippen LogP contribution in [0.2, 0.25) is 6.04 Å². The Morgan fingerprint density at radius 2 is 1.56 bits per heavy atom. The maximum Gasteiger partial charge on any atom is 0.500 e. The van der Waals surface area contributed by atoms with Crippen LogP contribution < -0.4 is 5.32 Å². The summed E-state index contributed by atoms with van der Waals surface area (Å²) in [4.78, 5) is 0. The van der Waals surface area contributed by atoms with Crippen molar-refractivity contribution in [2.24, 2.45) is 0 Å². The zero-order valence-electron chi connectivity index (χ0n) is 12.2. The van der Waals surface area contributed by atoms with Crippen molar-refractivity contribution in [3.63, 3.8) is 0 Å². The van der Waals surface area contributed by atoms with Gasteiger partial charge in [0.2, 0.25) is 0 Å². The largest absolute Gasteiger partial charge is 0.500 e. The highest BCUT2D eigenvalue weighted by atomic mass is 28.4. The molecule has 1 saturated carbocycles. The maximum absolute atomic E-state index is 5.41. The van der Waals surface area contributed by atoms with Gasteiger partial charge in [-0.25, -0.2) is 0 Å². The molecule has 4 nitrogen and oxygen atoms in total. The van der Waals surface area contributed by atoms with Crippen LogP contribution in [0.25, 0.3) is 0 Å². The van der Waals surface area contributed by atoms with Crippen LogP contribution in [0.15, 0.2) is 0 Å². The first-order chi connectivity index (χ1) is 8.76. The van der Waals surface area contributed by atoms with Crippen molar-refractivity contribution < 1.29 is 13.3 Å². The smallest absolute Gasteiger partial charge is 0.377 e. The molecule has 5 heteroatoms. The maximum atomic E-state index is 5.41. The van der Waals surface area contributed by atoms with Crippen LogP contribution in [0.5, 0.6) is 0 Å². The van der Waals surface area contributed by atoms with E-state index in [0.717, 1.165) is 25.1 Å². The normalized spacial score (nSPS) is 18.2. The van der Waals surface area contributed by atoms with Gasteiger partial charge in [-0.2, -0.15) is 0 Å². The third-order valence-electron chi connectivity index (χ3n) is 3.88. The Balaban J connectivity index is 2.06. The van der Waals surface area contributed by atoms with Gasteiger partial charge in [-0.15, -0.1) is 0 Å². The molecule has 0 heterocycles. The Labute approximate surface area is 113 Å². The minimum absolute atomic E-state index is 0.757. The highest BCUT2D eigenvalue weighted by molar-refractivity contribution is 6.60. The molecule has 0 radical (unpaired) electrons. The van der Waals surface area contributed by atoms with E-state index in [0.29, 0.717) is 0 Å². The van der Waals surface area contributed by atoms with Crippen molar-refractivity contribution in [1.29, 1.82) is 0 Å². The third-order valence-corrected chi connectivity index (χ3v) is 6.71. The van der Waals surface area contributed by atoms with Gasteiger partial charge in [-0.05, 0) is 32.2 Å². The lowest BCUT2D eigenvalue weighted by Gasteiger charge is -2.25. The summed E-state index contributed by atoms with van der Waals surface area (Å²) in [6, 6.07) is 1.66. The molecule has 0 atom stereocenters. The van der Waals surface area contributed by atoms with Crippen molar-refractivity contribution in [2.75, 3.05) is 27.9 Å². The second-order valence-corrected chi connectivity index (χ2v) is 8.13. The summed E-state index contributed by atoms with van der Waals surface area (Å²) in [5, 5.41) is 3.65. The predicted molar refractivity (Wildman–Crippen MR) is 75.7 cm³/mol. The number of hydrogen-bond donors (Lipinski definition) is 1. The highest BCUT2D eigenvalue weighted by Crippen LogP contribution is 2.18. The molecule has 108 valence electrons. The molecule has 0 aromatic carbocycles. The van der Waals surface area contributed by atoms with Crippen LogP contribution in [0.4, 0.5) is 0 Å². The van der Waals surface area contributed by atoms with Crippen molar-refractivity contribution in [1.82, 2.24) is 5.32 Å². The molecule has 0 bridgehead atoms. The van der Waals surface area contributed by atoms with Gasteiger partial charge in [0.15, 0.2) is 0 Å². The molecule has 0 aliphatic heterocycles. The van der Waals surface area contributed by atoms with Crippen molar-refractivity contribution >= 4 is 8.80 Å². The average Bonchev–Trinajstić information content (AvgIpc) is 2.45. The molecule has 1 aliphatic carbocycles. The van der Waals surface area contributed by atoms with Gasteiger partial charge in [0, 0.05) is 33.4 Å². The standard InChI is InChI=1S/C13H29NO3Si/c1-15-18(16-2,17-3)12-8-7-11-14-13-9-5-4-6-10-13/h13-14H,4-12H2,1-3H3. The first-order valence-electron chi connectivity index (χ1n) is 7.15. The Bertz CT molecular complexity index is 198. The minimum atomic E-state index is -2.33. The number of rotatable bonds is 9. The summed E-state index contributed by atoms with van der Waals surface area (Å²) < 4.78 is 16.2. The molecule has 18 heavy (non-hydrogen) atoms. The quantitative estimate of drug-likeness (QED) is 0.518. The molecular weight excluding hydrogens is 246 g/mol. The SMILES string of the molecule is CO[Si](CCCCNC1CCCCC1)(OC)OC. The third kappa shape index (κ3) is 5.36. The molecule has 1 aliphatic rings. The molecule has 0 unspecified atom stereocenters. The average molecular weight is 275 g/mol. The lowest BCUT2D eigenvalue weighted by Crippen LogP contribution is -2.42. The summed E-state index contributed by atoms with van der Waals surface area (Å²) in [6.07, 6.45) is 9.18.